The highest BCUT2D eigenvalue weighted by atomic mass is 16.4. The van der Waals surface area contributed by atoms with E-state index in [4.69, 9.17) is 5.73 Å². The van der Waals surface area contributed by atoms with Crippen LogP contribution in [0.2, 0.25) is 0 Å². The fourth-order valence-corrected chi connectivity index (χ4v) is 2.88. The monoisotopic (exact) mass is 226 g/mol. The minimum Gasteiger partial charge on any atom is -0.426 e. The minimum absolute atomic E-state index is 0.0144. The molecule has 3 atom stereocenters. The number of rotatable bonds is 2. The highest BCUT2D eigenvalue weighted by molar-refractivity contribution is 6.43. The van der Waals surface area contributed by atoms with Crippen LogP contribution in [0.25, 0.3) is 0 Å². The van der Waals surface area contributed by atoms with Gasteiger partial charge in [0.2, 0.25) is 5.91 Å². The van der Waals surface area contributed by atoms with Gasteiger partial charge in [-0.3, -0.25) is 4.79 Å². The normalized spacial score (nSPS) is 34.4. The number of carbonyl (C=O) groups excluding carboxylic acids is 1. The molecule has 2 aliphatic rings. The van der Waals surface area contributed by atoms with Crippen molar-refractivity contribution in [3.05, 3.63) is 0 Å². The molecule has 5 nitrogen and oxygen atoms in total. The van der Waals surface area contributed by atoms with Gasteiger partial charge in [-0.2, -0.15) is 0 Å². The Balaban J connectivity index is 2.03. The van der Waals surface area contributed by atoms with Crippen molar-refractivity contribution in [3.8, 4) is 0 Å². The first-order chi connectivity index (χ1) is 7.61. The molecule has 3 unspecified atom stereocenters. The maximum Gasteiger partial charge on any atom is 0.475 e. The van der Waals surface area contributed by atoms with Gasteiger partial charge < -0.3 is 20.7 Å². The molecule has 0 aromatic rings. The van der Waals surface area contributed by atoms with Gasteiger partial charge in [0, 0.05) is 12.6 Å². The van der Waals surface area contributed by atoms with Gasteiger partial charge in [0.15, 0.2) is 0 Å². The Morgan fingerprint density at radius 1 is 1.25 bits per heavy atom. The molecular weight excluding hydrogens is 207 g/mol. The lowest BCUT2D eigenvalue weighted by molar-refractivity contribution is -0.135. The van der Waals surface area contributed by atoms with Gasteiger partial charge in [-0.15, -0.1) is 0 Å². The molecule has 1 aliphatic carbocycles. The first-order valence-electron chi connectivity index (χ1n) is 6.03. The fraction of sp³-hybridized carbons (Fsp3) is 0.900. The molecule has 1 aliphatic heterocycles. The summed E-state index contributed by atoms with van der Waals surface area (Å²) in [5.41, 5.74) is 5.90. The van der Waals surface area contributed by atoms with Crippen molar-refractivity contribution in [1.82, 2.24) is 4.90 Å². The number of nitrogens with zero attached hydrogens (tertiary/aromatic N) is 1. The van der Waals surface area contributed by atoms with Crippen molar-refractivity contribution >= 4 is 13.0 Å². The summed E-state index contributed by atoms with van der Waals surface area (Å²) in [7, 11) is -1.43. The molecule has 0 aromatic heterocycles. The Kier molecular flexibility index (Phi) is 3.52. The Labute approximate surface area is 95.8 Å². The average molecular weight is 226 g/mol. The molecule has 0 radical (unpaired) electrons. The van der Waals surface area contributed by atoms with Gasteiger partial charge in [0.25, 0.3) is 0 Å². The highest BCUT2D eigenvalue weighted by Gasteiger charge is 2.41. The van der Waals surface area contributed by atoms with Gasteiger partial charge >= 0.3 is 7.12 Å². The Bertz CT molecular complexity index is 275. The molecule has 1 amide bonds. The number of amides is 1. The van der Waals surface area contributed by atoms with Crippen LogP contribution in [0.1, 0.15) is 32.1 Å². The van der Waals surface area contributed by atoms with Crippen LogP contribution in [-0.4, -0.2) is 46.5 Å². The van der Waals surface area contributed by atoms with Crippen LogP contribution in [-0.2, 0) is 4.79 Å². The second kappa shape index (κ2) is 4.73. The van der Waals surface area contributed by atoms with Crippen molar-refractivity contribution in [2.75, 3.05) is 6.54 Å². The van der Waals surface area contributed by atoms with Crippen molar-refractivity contribution in [2.24, 2.45) is 11.7 Å². The van der Waals surface area contributed by atoms with E-state index in [1.54, 1.807) is 4.90 Å². The molecule has 6 heteroatoms. The number of likely N-dealkylation sites (tertiary alicyclic amines) is 1. The lowest BCUT2D eigenvalue weighted by atomic mass is 9.77. The van der Waals surface area contributed by atoms with Crippen molar-refractivity contribution in [2.45, 2.75) is 44.1 Å². The highest BCUT2D eigenvalue weighted by Crippen LogP contribution is 2.29. The standard InChI is InChI=1S/C10H19BN2O3/c12-8-4-1-3-7(8)10(14)13-6-2-5-9(13)11(15)16/h7-9,15-16H,1-6,12H2. The zero-order valence-electron chi connectivity index (χ0n) is 9.38. The van der Waals surface area contributed by atoms with E-state index in [9.17, 15) is 14.8 Å². The maximum atomic E-state index is 12.2. The van der Waals surface area contributed by atoms with Gasteiger partial charge in [-0.1, -0.05) is 6.42 Å². The predicted octanol–water partition coefficient (Wildman–Crippen LogP) is -0.883. The lowest BCUT2D eigenvalue weighted by Gasteiger charge is -2.28. The van der Waals surface area contributed by atoms with E-state index in [1.165, 1.54) is 0 Å². The van der Waals surface area contributed by atoms with Crippen LogP contribution < -0.4 is 5.73 Å². The van der Waals surface area contributed by atoms with E-state index in [-0.39, 0.29) is 17.9 Å². The largest absolute Gasteiger partial charge is 0.475 e. The number of hydrogen-bond acceptors (Lipinski definition) is 4. The quantitative estimate of drug-likeness (QED) is 0.533. The zero-order valence-corrected chi connectivity index (χ0v) is 9.38. The lowest BCUT2D eigenvalue weighted by Crippen LogP contribution is -2.49. The zero-order chi connectivity index (χ0) is 11.7. The number of nitrogens with two attached hydrogens (primary N) is 1. The second-order valence-corrected chi connectivity index (χ2v) is 4.86. The van der Waals surface area contributed by atoms with Crippen LogP contribution in [0.3, 0.4) is 0 Å². The topological polar surface area (TPSA) is 86.8 Å². The average Bonchev–Trinajstić information content (AvgIpc) is 2.84. The molecule has 0 spiro atoms. The number of carbonyl (C=O) groups is 1. The maximum absolute atomic E-state index is 12.2. The van der Waals surface area contributed by atoms with E-state index < -0.39 is 13.1 Å². The summed E-state index contributed by atoms with van der Waals surface area (Å²) in [5, 5.41) is 18.4. The molecule has 1 heterocycles. The molecule has 2 rings (SSSR count). The summed E-state index contributed by atoms with van der Waals surface area (Å²) in [4.78, 5) is 13.8. The van der Waals surface area contributed by atoms with Gasteiger partial charge in [-0.05, 0) is 25.7 Å². The van der Waals surface area contributed by atoms with Crippen LogP contribution in [0.5, 0.6) is 0 Å². The second-order valence-electron chi connectivity index (χ2n) is 4.86. The van der Waals surface area contributed by atoms with Crippen LogP contribution >= 0.6 is 0 Å². The summed E-state index contributed by atoms with van der Waals surface area (Å²) in [6.45, 7) is 0.629. The van der Waals surface area contributed by atoms with Gasteiger partial charge in [0.1, 0.15) is 0 Å². The summed E-state index contributed by atoms with van der Waals surface area (Å²) in [6.07, 6.45) is 4.25. The molecule has 4 N–H and O–H groups in total. The summed E-state index contributed by atoms with van der Waals surface area (Å²) < 4.78 is 0. The predicted molar refractivity (Wildman–Crippen MR) is 60.2 cm³/mol. The smallest absolute Gasteiger partial charge is 0.426 e. The molecule has 1 saturated heterocycles. The van der Waals surface area contributed by atoms with E-state index in [1.807, 2.05) is 0 Å². The van der Waals surface area contributed by atoms with Crippen molar-refractivity contribution < 1.29 is 14.8 Å². The van der Waals surface area contributed by atoms with Crippen LogP contribution in [0.4, 0.5) is 0 Å². The molecule has 0 aromatic carbocycles. The molecule has 2 fully saturated rings. The first kappa shape index (κ1) is 11.9. The summed E-state index contributed by atoms with van der Waals surface area (Å²) in [6, 6.07) is -0.0513. The van der Waals surface area contributed by atoms with Gasteiger partial charge in [-0.25, -0.2) is 0 Å². The molecular formula is C10H19BN2O3. The Morgan fingerprint density at radius 2 is 2.00 bits per heavy atom. The number of hydrogen-bond donors (Lipinski definition) is 3. The third kappa shape index (κ3) is 2.10. The van der Waals surface area contributed by atoms with E-state index in [0.29, 0.717) is 13.0 Å². The SMILES string of the molecule is NC1CCCC1C(=O)N1CCCC1B(O)O. The minimum atomic E-state index is -1.43. The van der Waals surface area contributed by atoms with Crippen molar-refractivity contribution in [1.29, 1.82) is 0 Å². The third-order valence-electron chi connectivity index (χ3n) is 3.81. The molecule has 0 bridgehead atoms. The Morgan fingerprint density at radius 3 is 2.56 bits per heavy atom. The Hall–Kier alpha value is -0.585. The molecule has 16 heavy (non-hydrogen) atoms. The summed E-state index contributed by atoms with van der Waals surface area (Å²) >= 11 is 0. The van der Waals surface area contributed by atoms with Gasteiger partial charge in [0.05, 0.1) is 11.9 Å². The summed E-state index contributed by atoms with van der Waals surface area (Å²) in [5.74, 6) is -0.528. The molecule has 1 saturated carbocycles. The van der Waals surface area contributed by atoms with Crippen LogP contribution in [0, 0.1) is 5.92 Å². The fourth-order valence-electron chi connectivity index (χ4n) is 2.88. The van der Waals surface area contributed by atoms with Crippen LogP contribution in [0.15, 0.2) is 0 Å². The van der Waals surface area contributed by atoms with E-state index in [2.05, 4.69) is 0 Å². The third-order valence-corrected chi connectivity index (χ3v) is 3.81. The van der Waals surface area contributed by atoms with E-state index in [0.717, 1.165) is 25.7 Å². The molecule has 90 valence electrons. The first-order valence-corrected chi connectivity index (χ1v) is 6.03. The van der Waals surface area contributed by atoms with Crippen molar-refractivity contribution in [3.63, 3.8) is 0 Å². The van der Waals surface area contributed by atoms with E-state index >= 15 is 0 Å².